The second-order valence-electron chi connectivity index (χ2n) is 4.75. The Hall–Kier alpha value is -2.49. The molecule has 0 N–H and O–H groups in total. The van der Waals surface area contributed by atoms with Crippen molar-refractivity contribution >= 4 is 10.9 Å². The summed E-state index contributed by atoms with van der Waals surface area (Å²) in [4.78, 5) is 12.4. The molecule has 0 amide bonds. The van der Waals surface area contributed by atoms with Crippen molar-refractivity contribution in [1.29, 1.82) is 0 Å². The highest BCUT2D eigenvalue weighted by Gasteiger charge is 2.10. The molecule has 2 aromatic carbocycles. The summed E-state index contributed by atoms with van der Waals surface area (Å²) < 4.78 is 8.79. The van der Waals surface area contributed by atoms with Gasteiger partial charge in [0.2, 0.25) is 0 Å². The van der Waals surface area contributed by atoms with Crippen LogP contribution in [0.25, 0.3) is 10.9 Å². The number of aromatic nitrogens is 2. The van der Waals surface area contributed by atoms with Crippen molar-refractivity contribution in [2.75, 3.05) is 7.11 Å². The average Bonchev–Trinajstić information content (AvgIpc) is 2.74. The molecule has 102 valence electrons. The number of hydrogen-bond donors (Lipinski definition) is 0. The predicted octanol–water partition coefficient (Wildman–Crippen LogP) is 2.40. The number of ether oxygens (including phenoxy) is 1. The van der Waals surface area contributed by atoms with Gasteiger partial charge in [-0.15, -0.1) is 0 Å². The minimum absolute atomic E-state index is 0.0407. The molecule has 1 aromatic heterocycles. The summed E-state index contributed by atoms with van der Waals surface area (Å²) in [5.41, 5.74) is 2.06. The molecule has 4 heteroatoms. The van der Waals surface area contributed by atoms with Gasteiger partial charge in [0.25, 0.3) is 5.56 Å². The second kappa shape index (κ2) is 4.89. The van der Waals surface area contributed by atoms with E-state index in [1.807, 2.05) is 60.3 Å². The van der Waals surface area contributed by atoms with Crippen molar-refractivity contribution in [2.24, 2.45) is 7.05 Å². The van der Waals surface area contributed by atoms with Gasteiger partial charge in [-0.25, -0.2) is 4.68 Å². The number of hydrogen-bond acceptors (Lipinski definition) is 2. The fourth-order valence-electron chi connectivity index (χ4n) is 2.42. The number of fused-ring (bicyclic) bond motifs is 1. The minimum Gasteiger partial charge on any atom is -0.497 e. The van der Waals surface area contributed by atoms with Crippen LogP contribution in [0.15, 0.2) is 53.3 Å². The lowest BCUT2D eigenvalue weighted by Gasteiger charge is -2.08. The molecule has 1 heterocycles. The summed E-state index contributed by atoms with van der Waals surface area (Å²) in [7, 11) is 3.55. The highest BCUT2D eigenvalue weighted by Crippen LogP contribution is 2.14. The highest BCUT2D eigenvalue weighted by molar-refractivity contribution is 5.78. The molecule has 3 rings (SSSR count). The van der Waals surface area contributed by atoms with E-state index >= 15 is 0 Å². The molecule has 0 bridgehead atoms. The van der Waals surface area contributed by atoms with Gasteiger partial charge in [0.15, 0.2) is 0 Å². The van der Waals surface area contributed by atoms with Crippen LogP contribution in [0.3, 0.4) is 0 Å². The van der Waals surface area contributed by atoms with Crippen LogP contribution in [0.5, 0.6) is 5.75 Å². The van der Waals surface area contributed by atoms with E-state index in [4.69, 9.17) is 4.74 Å². The third-order valence-electron chi connectivity index (χ3n) is 3.57. The number of methoxy groups -OCH3 is 1. The van der Waals surface area contributed by atoms with Crippen LogP contribution in [0.2, 0.25) is 0 Å². The Morgan fingerprint density at radius 2 is 1.75 bits per heavy atom. The first-order valence-corrected chi connectivity index (χ1v) is 6.48. The zero-order valence-corrected chi connectivity index (χ0v) is 11.5. The molecule has 0 saturated heterocycles. The van der Waals surface area contributed by atoms with Gasteiger partial charge in [-0.05, 0) is 29.8 Å². The maximum absolute atomic E-state index is 12.4. The molecular formula is C16H16N2O2. The zero-order chi connectivity index (χ0) is 14.1. The van der Waals surface area contributed by atoms with Crippen LogP contribution >= 0.6 is 0 Å². The molecule has 0 aliphatic carbocycles. The number of aryl methyl sites for hydroxylation is 1. The predicted molar refractivity (Wildman–Crippen MR) is 79.3 cm³/mol. The second-order valence-corrected chi connectivity index (χ2v) is 4.75. The van der Waals surface area contributed by atoms with Crippen LogP contribution in [0.4, 0.5) is 0 Å². The van der Waals surface area contributed by atoms with Gasteiger partial charge in [-0.3, -0.25) is 9.48 Å². The van der Waals surface area contributed by atoms with E-state index in [1.165, 1.54) is 0 Å². The van der Waals surface area contributed by atoms with E-state index in [0.717, 1.165) is 22.2 Å². The van der Waals surface area contributed by atoms with E-state index in [1.54, 1.807) is 11.8 Å². The smallest absolute Gasteiger partial charge is 0.274 e. The zero-order valence-electron chi connectivity index (χ0n) is 11.5. The Bertz CT molecular complexity index is 797. The monoisotopic (exact) mass is 268 g/mol. The topological polar surface area (TPSA) is 36.2 Å². The Labute approximate surface area is 116 Å². The van der Waals surface area contributed by atoms with E-state index in [-0.39, 0.29) is 5.56 Å². The van der Waals surface area contributed by atoms with Crippen LogP contribution in [-0.4, -0.2) is 16.5 Å². The molecule has 4 nitrogen and oxygen atoms in total. The van der Waals surface area contributed by atoms with Crippen LogP contribution in [-0.2, 0) is 13.6 Å². The number of para-hydroxylation sites is 1. The Kier molecular flexibility index (Phi) is 3.06. The molecule has 0 saturated carbocycles. The molecule has 0 fully saturated rings. The van der Waals surface area contributed by atoms with E-state index in [9.17, 15) is 4.79 Å². The van der Waals surface area contributed by atoms with Gasteiger partial charge in [0.05, 0.1) is 24.6 Å². The van der Waals surface area contributed by atoms with Gasteiger partial charge in [-0.2, -0.15) is 0 Å². The lowest BCUT2D eigenvalue weighted by atomic mass is 10.2. The Morgan fingerprint density at radius 3 is 2.40 bits per heavy atom. The van der Waals surface area contributed by atoms with Crippen molar-refractivity contribution < 1.29 is 4.74 Å². The van der Waals surface area contributed by atoms with Crippen molar-refractivity contribution in [3.05, 3.63) is 64.4 Å². The van der Waals surface area contributed by atoms with Gasteiger partial charge in [0, 0.05) is 7.05 Å². The quantitative estimate of drug-likeness (QED) is 0.731. The molecule has 3 aromatic rings. The normalized spacial score (nSPS) is 10.9. The van der Waals surface area contributed by atoms with E-state index in [0.29, 0.717) is 6.54 Å². The van der Waals surface area contributed by atoms with Gasteiger partial charge in [-0.1, -0.05) is 24.3 Å². The fourth-order valence-corrected chi connectivity index (χ4v) is 2.42. The maximum Gasteiger partial charge on any atom is 0.274 e. The molecule has 0 spiro atoms. The van der Waals surface area contributed by atoms with Crippen LogP contribution < -0.4 is 10.3 Å². The lowest BCUT2D eigenvalue weighted by molar-refractivity contribution is 0.414. The molecule has 0 aliphatic heterocycles. The lowest BCUT2D eigenvalue weighted by Crippen LogP contribution is -2.21. The third-order valence-corrected chi connectivity index (χ3v) is 3.57. The van der Waals surface area contributed by atoms with Gasteiger partial charge >= 0.3 is 0 Å². The van der Waals surface area contributed by atoms with E-state index in [2.05, 4.69) is 0 Å². The summed E-state index contributed by atoms with van der Waals surface area (Å²) >= 11 is 0. The summed E-state index contributed by atoms with van der Waals surface area (Å²) in [5.74, 6) is 0.818. The summed E-state index contributed by atoms with van der Waals surface area (Å²) in [6, 6.07) is 15.4. The highest BCUT2D eigenvalue weighted by atomic mass is 16.5. The van der Waals surface area contributed by atoms with Crippen molar-refractivity contribution in [2.45, 2.75) is 6.54 Å². The van der Waals surface area contributed by atoms with Gasteiger partial charge < -0.3 is 4.74 Å². The first-order chi connectivity index (χ1) is 9.70. The average molecular weight is 268 g/mol. The van der Waals surface area contributed by atoms with Crippen LogP contribution in [0, 0.1) is 0 Å². The molecule has 0 radical (unpaired) electrons. The minimum atomic E-state index is 0.0407. The SMILES string of the molecule is COc1ccc(Cn2c(=O)c3ccccc3n2C)cc1. The molecular weight excluding hydrogens is 252 g/mol. The first kappa shape index (κ1) is 12.5. The summed E-state index contributed by atoms with van der Waals surface area (Å²) in [5, 5.41) is 0.753. The molecule has 0 atom stereocenters. The number of rotatable bonds is 3. The number of nitrogens with zero attached hydrogens (tertiary/aromatic N) is 2. The molecule has 0 unspecified atom stereocenters. The fraction of sp³-hybridized carbons (Fsp3) is 0.188. The van der Waals surface area contributed by atoms with E-state index < -0.39 is 0 Å². The molecule has 0 aliphatic rings. The largest absolute Gasteiger partial charge is 0.497 e. The standard InChI is InChI=1S/C16H16N2O2/c1-17-15-6-4-3-5-14(15)16(19)18(17)11-12-7-9-13(20-2)10-8-12/h3-10H,11H2,1-2H3. The van der Waals surface area contributed by atoms with Crippen molar-refractivity contribution in [3.63, 3.8) is 0 Å². The summed E-state index contributed by atoms with van der Waals surface area (Å²) in [6.07, 6.45) is 0. The first-order valence-electron chi connectivity index (χ1n) is 6.48. The van der Waals surface area contributed by atoms with Crippen molar-refractivity contribution in [3.8, 4) is 5.75 Å². The Balaban J connectivity index is 2.04. The van der Waals surface area contributed by atoms with Crippen molar-refractivity contribution in [1.82, 2.24) is 9.36 Å². The third kappa shape index (κ3) is 1.99. The van der Waals surface area contributed by atoms with Gasteiger partial charge in [0.1, 0.15) is 5.75 Å². The maximum atomic E-state index is 12.4. The Morgan fingerprint density at radius 1 is 1.05 bits per heavy atom. The molecule has 20 heavy (non-hydrogen) atoms. The summed E-state index contributed by atoms with van der Waals surface area (Å²) in [6.45, 7) is 0.550. The number of benzene rings is 2. The van der Waals surface area contributed by atoms with Crippen LogP contribution in [0.1, 0.15) is 5.56 Å².